The second kappa shape index (κ2) is 6.26. The van der Waals surface area contributed by atoms with Crippen molar-refractivity contribution in [1.82, 2.24) is 9.97 Å². The molecule has 0 amide bonds. The third-order valence-electron chi connectivity index (χ3n) is 4.10. The lowest BCUT2D eigenvalue weighted by molar-refractivity contribution is 0.582. The maximum absolute atomic E-state index is 13.2. The van der Waals surface area contributed by atoms with Crippen LogP contribution < -0.4 is 10.6 Å². The zero-order chi connectivity index (χ0) is 17.3. The molecule has 0 saturated heterocycles. The molecule has 0 fully saturated rings. The summed E-state index contributed by atoms with van der Waals surface area (Å²) in [6.45, 7) is -0.0196. The Bertz CT molecular complexity index is 950. The number of hydrogen-bond acceptors (Lipinski definition) is 5. The fourth-order valence-corrected chi connectivity index (χ4v) is 4.70. The third kappa shape index (κ3) is 2.65. The Hall–Kier alpha value is -2.38. The summed E-state index contributed by atoms with van der Waals surface area (Å²) in [5.41, 5.74) is 7.24. The van der Waals surface area contributed by atoms with Crippen molar-refractivity contribution in [2.45, 2.75) is 10.1 Å². The number of H-pyrrole nitrogens is 1. The third-order valence-corrected chi connectivity index (χ3v) is 6.27. The first kappa shape index (κ1) is 16.5. The SMILES string of the molecule is CN(C)c1cccc2c(S(=O)(=O)C(CN)c3cnc[nH]3)cccc12. The highest BCUT2D eigenvalue weighted by Gasteiger charge is 2.30. The summed E-state index contributed by atoms with van der Waals surface area (Å²) < 4.78 is 26.4. The van der Waals surface area contributed by atoms with Gasteiger partial charge < -0.3 is 15.6 Å². The molecule has 7 heteroatoms. The molecule has 1 heterocycles. The Morgan fingerprint density at radius 3 is 2.50 bits per heavy atom. The lowest BCUT2D eigenvalue weighted by Gasteiger charge is -2.19. The van der Waals surface area contributed by atoms with E-state index in [-0.39, 0.29) is 11.4 Å². The number of imidazole rings is 1. The summed E-state index contributed by atoms with van der Waals surface area (Å²) in [7, 11) is 0.210. The summed E-state index contributed by atoms with van der Waals surface area (Å²) in [6, 6.07) is 11.0. The van der Waals surface area contributed by atoms with Crippen LogP contribution in [0.25, 0.3) is 10.8 Å². The number of nitrogens with zero attached hydrogens (tertiary/aromatic N) is 2. The van der Waals surface area contributed by atoms with E-state index in [0.717, 1.165) is 11.1 Å². The molecule has 3 aromatic rings. The normalized spacial score (nSPS) is 13.1. The van der Waals surface area contributed by atoms with Gasteiger partial charge in [-0.3, -0.25) is 0 Å². The first-order chi connectivity index (χ1) is 11.5. The van der Waals surface area contributed by atoms with Gasteiger partial charge in [-0.15, -0.1) is 0 Å². The predicted molar refractivity (Wildman–Crippen MR) is 95.8 cm³/mol. The largest absolute Gasteiger partial charge is 0.377 e. The van der Waals surface area contributed by atoms with E-state index in [1.54, 1.807) is 12.1 Å². The van der Waals surface area contributed by atoms with E-state index in [4.69, 9.17) is 5.73 Å². The number of aromatic nitrogens is 2. The summed E-state index contributed by atoms with van der Waals surface area (Å²) in [6.07, 6.45) is 2.96. The number of aromatic amines is 1. The number of sulfone groups is 1. The number of hydrogen-bond donors (Lipinski definition) is 2. The molecule has 1 unspecified atom stereocenters. The van der Waals surface area contributed by atoms with Crippen LogP contribution in [0, 0.1) is 0 Å². The van der Waals surface area contributed by atoms with Gasteiger partial charge in [0.1, 0.15) is 5.25 Å². The highest BCUT2D eigenvalue weighted by molar-refractivity contribution is 7.92. The van der Waals surface area contributed by atoms with Crippen LogP contribution in [0.15, 0.2) is 53.8 Å². The van der Waals surface area contributed by atoms with E-state index in [2.05, 4.69) is 9.97 Å². The van der Waals surface area contributed by atoms with Gasteiger partial charge in [0.25, 0.3) is 0 Å². The molecule has 126 valence electrons. The Morgan fingerprint density at radius 2 is 1.88 bits per heavy atom. The van der Waals surface area contributed by atoms with Crippen LogP contribution in [-0.4, -0.2) is 39.0 Å². The first-order valence-electron chi connectivity index (χ1n) is 7.58. The minimum absolute atomic E-state index is 0.0196. The molecule has 0 spiro atoms. The molecular weight excluding hydrogens is 324 g/mol. The summed E-state index contributed by atoms with van der Waals surface area (Å²) in [5.74, 6) is 0. The van der Waals surface area contributed by atoms with Crippen LogP contribution in [0.5, 0.6) is 0 Å². The van der Waals surface area contributed by atoms with Gasteiger partial charge in [-0.1, -0.05) is 24.3 Å². The van der Waals surface area contributed by atoms with Gasteiger partial charge in [-0.2, -0.15) is 0 Å². The van der Waals surface area contributed by atoms with Crippen molar-refractivity contribution in [2.24, 2.45) is 5.73 Å². The van der Waals surface area contributed by atoms with Crippen molar-refractivity contribution < 1.29 is 8.42 Å². The molecule has 0 radical (unpaired) electrons. The quantitative estimate of drug-likeness (QED) is 0.739. The Labute approximate surface area is 141 Å². The predicted octanol–water partition coefficient (Wildman–Crippen LogP) is 2.10. The Balaban J connectivity index is 2.24. The van der Waals surface area contributed by atoms with E-state index < -0.39 is 15.1 Å². The molecule has 0 aliphatic heterocycles. The number of anilines is 1. The summed E-state index contributed by atoms with van der Waals surface area (Å²) in [4.78, 5) is 9.03. The van der Waals surface area contributed by atoms with Crippen LogP contribution in [-0.2, 0) is 9.84 Å². The number of benzene rings is 2. The molecule has 24 heavy (non-hydrogen) atoms. The zero-order valence-electron chi connectivity index (χ0n) is 13.6. The van der Waals surface area contributed by atoms with Gasteiger partial charge in [-0.05, 0) is 12.1 Å². The molecule has 1 atom stereocenters. The average molecular weight is 344 g/mol. The number of nitrogens with one attached hydrogen (secondary N) is 1. The highest BCUT2D eigenvalue weighted by atomic mass is 32.2. The molecule has 6 nitrogen and oxygen atoms in total. The zero-order valence-corrected chi connectivity index (χ0v) is 14.4. The van der Waals surface area contributed by atoms with E-state index in [1.165, 1.54) is 12.5 Å². The van der Waals surface area contributed by atoms with E-state index in [0.29, 0.717) is 11.1 Å². The lowest BCUT2D eigenvalue weighted by Crippen LogP contribution is -2.23. The van der Waals surface area contributed by atoms with Crippen LogP contribution in [0.2, 0.25) is 0 Å². The van der Waals surface area contributed by atoms with Crippen molar-refractivity contribution in [2.75, 3.05) is 25.5 Å². The van der Waals surface area contributed by atoms with Crippen molar-refractivity contribution in [3.63, 3.8) is 0 Å². The fourth-order valence-electron chi connectivity index (χ4n) is 2.92. The van der Waals surface area contributed by atoms with E-state index in [1.807, 2.05) is 43.3 Å². The molecule has 0 saturated carbocycles. The van der Waals surface area contributed by atoms with Crippen LogP contribution >= 0.6 is 0 Å². The molecule has 3 N–H and O–H groups in total. The van der Waals surface area contributed by atoms with Gasteiger partial charge in [0.05, 0.1) is 16.9 Å². The second-order valence-electron chi connectivity index (χ2n) is 5.80. The van der Waals surface area contributed by atoms with Gasteiger partial charge in [0.2, 0.25) is 0 Å². The van der Waals surface area contributed by atoms with Gasteiger partial charge >= 0.3 is 0 Å². The smallest absolute Gasteiger partial charge is 0.188 e. The molecule has 0 bridgehead atoms. The van der Waals surface area contributed by atoms with Crippen molar-refractivity contribution in [1.29, 1.82) is 0 Å². The first-order valence-corrected chi connectivity index (χ1v) is 9.12. The molecule has 3 rings (SSSR count). The minimum Gasteiger partial charge on any atom is -0.377 e. The van der Waals surface area contributed by atoms with Crippen molar-refractivity contribution in [3.8, 4) is 0 Å². The Kier molecular flexibility index (Phi) is 4.29. The van der Waals surface area contributed by atoms with Gasteiger partial charge in [0.15, 0.2) is 9.84 Å². The topological polar surface area (TPSA) is 92.1 Å². The van der Waals surface area contributed by atoms with Gasteiger partial charge in [0, 0.05) is 43.3 Å². The number of rotatable bonds is 5. The van der Waals surface area contributed by atoms with Crippen molar-refractivity contribution >= 4 is 26.3 Å². The molecule has 1 aromatic heterocycles. The summed E-state index contributed by atoms with van der Waals surface area (Å²) in [5, 5.41) is 0.735. The minimum atomic E-state index is -3.66. The van der Waals surface area contributed by atoms with Crippen molar-refractivity contribution in [3.05, 3.63) is 54.6 Å². The monoisotopic (exact) mass is 344 g/mol. The van der Waals surface area contributed by atoms with Crippen LogP contribution in [0.3, 0.4) is 0 Å². The number of fused-ring (bicyclic) bond motifs is 1. The summed E-state index contributed by atoms with van der Waals surface area (Å²) >= 11 is 0. The average Bonchev–Trinajstić information content (AvgIpc) is 3.08. The molecule has 0 aliphatic carbocycles. The van der Waals surface area contributed by atoms with Crippen LogP contribution in [0.4, 0.5) is 5.69 Å². The molecular formula is C17H20N4O2S. The maximum Gasteiger partial charge on any atom is 0.188 e. The lowest BCUT2D eigenvalue weighted by atomic mass is 10.1. The number of nitrogens with two attached hydrogens (primary N) is 1. The van der Waals surface area contributed by atoms with E-state index in [9.17, 15) is 8.42 Å². The van der Waals surface area contributed by atoms with Crippen LogP contribution in [0.1, 0.15) is 10.9 Å². The van der Waals surface area contributed by atoms with Gasteiger partial charge in [-0.25, -0.2) is 13.4 Å². The Morgan fingerprint density at radius 1 is 1.17 bits per heavy atom. The fraction of sp³-hybridized carbons (Fsp3) is 0.235. The second-order valence-corrected chi connectivity index (χ2v) is 7.90. The molecule has 0 aliphatic rings. The maximum atomic E-state index is 13.2. The highest BCUT2D eigenvalue weighted by Crippen LogP contribution is 2.35. The molecule has 2 aromatic carbocycles. The van der Waals surface area contributed by atoms with E-state index >= 15 is 0 Å². The standard InChI is InChI=1S/C17H20N4O2S/c1-21(2)15-7-3-6-13-12(15)5-4-8-16(13)24(22,23)17(9-18)14-10-19-11-20-14/h3-8,10-11,17H,9,18H2,1-2H3,(H,19,20).